The fraction of sp³-hybridized carbons (Fsp3) is 0.150. The van der Waals surface area contributed by atoms with E-state index >= 15 is 0 Å². The van der Waals surface area contributed by atoms with Crippen molar-refractivity contribution >= 4 is 22.5 Å². The number of rotatable bonds is 4. The minimum Gasteiger partial charge on any atom is -0.508 e. The van der Waals surface area contributed by atoms with Crippen molar-refractivity contribution in [1.29, 1.82) is 0 Å². The van der Waals surface area contributed by atoms with Gasteiger partial charge in [0.2, 0.25) is 17.0 Å². The number of fused-ring (bicyclic) bond motifs is 4. The smallest absolute Gasteiger partial charge is 0.238 e. The highest BCUT2D eigenvalue weighted by Gasteiger charge is 2.41. The minimum absolute atomic E-state index is 0.0183. The molecule has 26 nitrogen and oxygen atoms in total. The van der Waals surface area contributed by atoms with Gasteiger partial charge in [-0.1, -0.05) is 24.3 Å². The maximum absolute atomic E-state index is 12.2. The zero-order chi connectivity index (χ0) is 62.3. The predicted octanol–water partition coefficient (Wildman–Crippen LogP) is 5.37. The highest BCUT2D eigenvalue weighted by atomic mass is 16.5. The number of carbonyl (C=O) groups excluding carboxylic acids is 2. The van der Waals surface area contributed by atoms with Gasteiger partial charge in [-0.3, -0.25) is 14.4 Å². The number of hydrogen-bond acceptors (Lipinski definition) is 26. The molecule has 446 valence electrons. The van der Waals surface area contributed by atoms with Crippen molar-refractivity contribution in [2.75, 3.05) is 0 Å². The number of Topliss-reactive ketones (excluding diaryl/α,β-unsaturated/α-hetero) is 2. The minimum atomic E-state index is -1.58. The van der Waals surface area contributed by atoms with Crippen LogP contribution in [0.2, 0.25) is 0 Å². The topological polar surface area (TPSA) is 476 Å². The number of phenolic OH excluding ortho intramolecular Hbond substituents is 14. The normalized spacial score (nSPS) is 19.8. The number of aromatic hydroxyl groups is 15. The van der Waals surface area contributed by atoms with Crippen molar-refractivity contribution in [2.45, 2.75) is 55.6 Å². The first-order chi connectivity index (χ1) is 40.7. The fourth-order valence-electron chi connectivity index (χ4n) is 9.48. The molecule has 0 radical (unpaired) electrons. The average Bonchev–Trinajstić information content (AvgIpc) is 1.80. The van der Waals surface area contributed by atoms with Crippen molar-refractivity contribution in [3.63, 3.8) is 0 Å². The largest absolute Gasteiger partial charge is 0.508 e. The number of phenols is 14. The molecule has 26 heteroatoms. The van der Waals surface area contributed by atoms with Crippen LogP contribution in [0.5, 0.6) is 103 Å². The first-order valence-corrected chi connectivity index (χ1v) is 25.3. The number of aliphatic hydroxyl groups is 4. The molecule has 7 aromatic carbocycles. The van der Waals surface area contributed by atoms with Gasteiger partial charge in [-0.15, -0.1) is 0 Å². The first-order valence-electron chi connectivity index (χ1n) is 25.3. The molecule has 86 heavy (non-hydrogen) atoms. The molecule has 3 aliphatic heterocycles. The molecule has 4 heterocycles. The van der Waals surface area contributed by atoms with E-state index in [1.807, 2.05) is 0 Å². The summed E-state index contributed by atoms with van der Waals surface area (Å²) in [6.45, 7) is 0. The van der Waals surface area contributed by atoms with Gasteiger partial charge in [-0.2, -0.15) is 0 Å². The molecule has 0 saturated heterocycles. The van der Waals surface area contributed by atoms with E-state index in [0.717, 1.165) is 42.5 Å². The first kappa shape index (κ1) is 59.4. The lowest BCUT2D eigenvalue weighted by Gasteiger charge is -2.32. The van der Waals surface area contributed by atoms with Crippen LogP contribution in [-0.2, 0) is 6.42 Å². The summed E-state index contributed by atoms with van der Waals surface area (Å²) in [5.74, 6) is -6.26. The van der Waals surface area contributed by atoms with Crippen molar-refractivity contribution in [1.82, 2.24) is 0 Å². The predicted molar refractivity (Wildman–Crippen MR) is 294 cm³/mol. The van der Waals surface area contributed by atoms with Crippen LogP contribution in [0.4, 0.5) is 0 Å². The molecule has 12 rings (SSSR count). The quantitative estimate of drug-likeness (QED) is 0.0985. The summed E-state index contributed by atoms with van der Waals surface area (Å²) >= 11 is 0. The molecule has 0 fully saturated rings. The molecular formula is C60H50O26. The van der Waals surface area contributed by atoms with E-state index in [4.69, 9.17) is 18.6 Å². The molecule has 1 aliphatic carbocycles. The van der Waals surface area contributed by atoms with E-state index in [0.29, 0.717) is 22.3 Å². The summed E-state index contributed by atoms with van der Waals surface area (Å²) < 4.78 is 22.1. The van der Waals surface area contributed by atoms with Gasteiger partial charge in [0.15, 0.2) is 58.2 Å². The van der Waals surface area contributed by atoms with E-state index in [2.05, 4.69) is 0 Å². The van der Waals surface area contributed by atoms with Gasteiger partial charge < -0.3 is 116 Å². The molecule has 4 aliphatic rings. The van der Waals surface area contributed by atoms with Crippen LogP contribution in [-0.4, -0.2) is 139 Å². The highest BCUT2D eigenvalue weighted by Crippen LogP contribution is 2.46. The monoisotopic (exact) mass is 1190 g/mol. The Labute approximate surface area is 481 Å². The zero-order valence-electron chi connectivity index (χ0n) is 43.9. The van der Waals surface area contributed by atoms with Crippen LogP contribution < -0.4 is 19.6 Å². The third-order valence-corrected chi connectivity index (χ3v) is 13.7. The highest BCUT2D eigenvalue weighted by molar-refractivity contribution is 6.06. The molecule has 8 aromatic rings. The Morgan fingerprint density at radius 1 is 0.442 bits per heavy atom. The maximum Gasteiger partial charge on any atom is 0.238 e. The lowest BCUT2D eigenvalue weighted by atomic mass is 9.89. The molecule has 7 atom stereocenters. The number of hydrogen-bond donors (Lipinski definition) is 19. The molecular weight excluding hydrogens is 1140 g/mol. The second-order valence-electron chi connectivity index (χ2n) is 19.7. The number of benzene rings is 7. The maximum atomic E-state index is 12.2. The van der Waals surface area contributed by atoms with Gasteiger partial charge in [0.25, 0.3) is 0 Å². The number of ketones is 2. The molecule has 19 N–H and O–H groups in total. The molecule has 0 saturated carbocycles. The summed E-state index contributed by atoms with van der Waals surface area (Å²) in [7, 11) is 0. The van der Waals surface area contributed by atoms with Crippen LogP contribution >= 0.6 is 0 Å². The van der Waals surface area contributed by atoms with Gasteiger partial charge in [0.05, 0.1) is 12.5 Å². The summed E-state index contributed by atoms with van der Waals surface area (Å²) in [6.07, 6.45) is -3.16. The number of carbonyl (C=O) groups is 2. The summed E-state index contributed by atoms with van der Waals surface area (Å²) in [4.78, 5) is 36.5. The van der Waals surface area contributed by atoms with Crippen molar-refractivity contribution < 1.29 is 125 Å². The van der Waals surface area contributed by atoms with Gasteiger partial charge >= 0.3 is 0 Å². The Bertz CT molecular complexity index is 4130. The van der Waals surface area contributed by atoms with Crippen LogP contribution in [0.1, 0.15) is 56.0 Å². The van der Waals surface area contributed by atoms with Crippen molar-refractivity contribution in [3.8, 4) is 115 Å². The van der Waals surface area contributed by atoms with E-state index in [9.17, 15) is 111 Å². The SMILES string of the molecule is O=C1CC(c2ccc(O)c(O)c2)Oc2cc(O)cc(O)c21.O=C1c2c(O)cc(O)cc2OC(C2=CC(O)C(O)C=C2)[C@H]1O.O=c1c(O)c(-c2ccc(O)c(O)c2)oc2cc(O)cc(O)c12.Oc1cc(O)c2c(c1)OC(c1ccc(O)c(O)c1)[C@@H](O)C2. The molecule has 0 amide bonds. The van der Waals surface area contributed by atoms with Gasteiger partial charge in [0.1, 0.15) is 110 Å². The fourth-order valence-corrected chi connectivity index (χ4v) is 9.48. The van der Waals surface area contributed by atoms with Crippen LogP contribution in [0, 0.1) is 0 Å². The standard InChI is InChI=1S/C15H14O7.C15H10O7.C15H14O6.C15H12O6/c2*16-7-4-10(19)12-11(5-7)22-15(14(21)13(12)20)6-1-2-8(17)9(18)3-6;16-8-4-11(18)9-6-13(20)15(21-14(9)5-8)7-1-2-10(17)12(19)3-7;16-8-4-11(19)15-12(20)6-13(21-14(15)5-8)7-1-2-9(17)10(18)3-7/h1-5,8-9,14-19,21H;1-5,16-19,21H;1-5,13,15-20H,6H2;1-5,13,16-19H,6H2/t8?,9?,14-,15?;;13-,15?;/m0.0./s1. The van der Waals surface area contributed by atoms with Gasteiger partial charge in [-0.05, 0) is 65.2 Å². The molecule has 0 bridgehead atoms. The lowest BCUT2D eigenvalue weighted by molar-refractivity contribution is 0.0197. The third kappa shape index (κ3) is 12.0. The molecule has 0 spiro atoms. The lowest BCUT2D eigenvalue weighted by Crippen LogP contribution is -2.44. The van der Waals surface area contributed by atoms with Crippen molar-refractivity contribution in [2.24, 2.45) is 0 Å². The van der Waals surface area contributed by atoms with E-state index in [1.165, 1.54) is 78.9 Å². The Morgan fingerprint density at radius 3 is 1.58 bits per heavy atom. The Hall–Kier alpha value is -11.2. The third-order valence-electron chi connectivity index (χ3n) is 13.7. The van der Waals surface area contributed by atoms with Gasteiger partial charge in [-0.25, -0.2) is 0 Å². The Kier molecular flexibility index (Phi) is 16.3. The summed E-state index contributed by atoms with van der Waals surface area (Å²) in [5.41, 5.74) is 0.651. The van der Waals surface area contributed by atoms with E-state index < -0.39 is 76.9 Å². The summed E-state index contributed by atoms with van der Waals surface area (Å²) in [6, 6.07) is 20.9. The van der Waals surface area contributed by atoms with E-state index in [-0.39, 0.29) is 133 Å². The van der Waals surface area contributed by atoms with Crippen LogP contribution in [0.3, 0.4) is 0 Å². The van der Waals surface area contributed by atoms with Crippen molar-refractivity contribution in [3.05, 3.63) is 165 Å². The number of aliphatic hydroxyl groups excluding tert-OH is 4. The Morgan fingerprint density at radius 2 is 0.965 bits per heavy atom. The van der Waals surface area contributed by atoms with Crippen LogP contribution in [0.15, 0.2) is 136 Å². The Balaban J connectivity index is 0.000000137. The molecule has 5 unspecified atom stereocenters. The van der Waals surface area contributed by atoms with E-state index in [1.54, 1.807) is 0 Å². The second kappa shape index (κ2) is 23.6. The van der Waals surface area contributed by atoms with Crippen LogP contribution in [0.25, 0.3) is 22.3 Å². The number of ether oxygens (including phenoxy) is 3. The molecule has 1 aromatic heterocycles. The second-order valence-corrected chi connectivity index (χ2v) is 19.7. The average molecular weight is 1190 g/mol. The summed E-state index contributed by atoms with van der Waals surface area (Å²) in [5, 5.41) is 182. The zero-order valence-corrected chi connectivity index (χ0v) is 43.9. The van der Waals surface area contributed by atoms with Gasteiger partial charge in [0, 0.05) is 66.1 Å².